The molecule has 30 heavy (non-hydrogen) atoms. The van der Waals surface area contributed by atoms with Gasteiger partial charge in [-0.2, -0.15) is 18.3 Å². The molecule has 0 atom stereocenters. The number of alkyl halides is 3. The first-order valence-corrected chi connectivity index (χ1v) is 8.23. The van der Waals surface area contributed by atoms with E-state index in [2.05, 4.69) is 30.4 Å². The van der Waals surface area contributed by atoms with Crippen LogP contribution in [-0.4, -0.2) is 50.4 Å². The van der Waals surface area contributed by atoms with Crippen molar-refractivity contribution in [2.75, 3.05) is 19.1 Å². The molecule has 3 aromatic rings. The number of anilines is 2. The van der Waals surface area contributed by atoms with Gasteiger partial charge in [0.1, 0.15) is 5.69 Å². The average Bonchev–Trinajstić information content (AvgIpc) is 3.23. The SMILES string of the molecule is COc1ncc(N(C(=O)NCc2cc(C(F)(F)F)[nH]n2)c2cnc(OC)nc2)cn1. The zero-order valence-corrected chi connectivity index (χ0v) is 15.6. The molecule has 0 aliphatic heterocycles. The van der Waals surface area contributed by atoms with E-state index in [9.17, 15) is 18.0 Å². The molecular weight excluding hydrogens is 409 g/mol. The number of aromatic amines is 1. The lowest BCUT2D eigenvalue weighted by atomic mass is 10.3. The lowest BCUT2D eigenvalue weighted by Gasteiger charge is -2.22. The van der Waals surface area contributed by atoms with Gasteiger partial charge >= 0.3 is 24.2 Å². The first-order chi connectivity index (χ1) is 14.3. The van der Waals surface area contributed by atoms with E-state index >= 15 is 0 Å². The monoisotopic (exact) mass is 424 g/mol. The highest BCUT2D eigenvalue weighted by Gasteiger charge is 2.33. The van der Waals surface area contributed by atoms with Crippen molar-refractivity contribution >= 4 is 17.4 Å². The van der Waals surface area contributed by atoms with Gasteiger partial charge in [-0.15, -0.1) is 0 Å². The Kier molecular flexibility index (Phi) is 5.94. The van der Waals surface area contributed by atoms with Crippen LogP contribution in [0.15, 0.2) is 30.9 Å². The summed E-state index contributed by atoms with van der Waals surface area (Å²) in [6, 6.07) is 0.272. The van der Waals surface area contributed by atoms with Crippen molar-refractivity contribution in [3.8, 4) is 12.0 Å². The minimum Gasteiger partial charge on any atom is -0.467 e. The Bertz CT molecular complexity index is 945. The van der Waals surface area contributed by atoms with E-state index in [1.165, 1.54) is 39.0 Å². The number of amides is 2. The normalized spacial score (nSPS) is 11.1. The molecule has 0 fully saturated rings. The van der Waals surface area contributed by atoms with Gasteiger partial charge in [-0.05, 0) is 6.07 Å². The van der Waals surface area contributed by atoms with Crippen molar-refractivity contribution in [3.63, 3.8) is 0 Å². The van der Waals surface area contributed by atoms with Crippen LogP contribution in [-0.2, 0) is 12.7 Å². The molecule has 0 aliphatic carbocycles. The van der Waals surface area contributed by atoms with Crippen molar-refractivity contribution < 1.29 is 27.4 Å². The molecule has 0 saturated heterocycles. The highest BCUT2D eigenvalue weighted by atomic mass is 19.4. The van der Waals surface area contributed by atoms with Crippen LogP contribution in [0.5, 0.6) is 12.0 Å². The smallest absolute Gasteiger partial charge is 0.432 e. The standard InChI is InChI=1S/C16H15F3N8O3/c1-29-13-20-5-10(6-21-13)27(11-7-22-14(30-2)23-8-11)15(28)24-4-9-3-12(26-25-9)16(17,18)19/h3,5-8H,4H2,1-2H3,(H,24,28)(H,25,26). The molecule has 0 bridgehead atoms. The number of carbonyl (C=O) groups excluding carboxylic acids is 1. The molecule has 0 saturated carbocycles. The molecule has 2 N–H and O–H groups in total. The first-order valence-electron chi connectivity index (χ1n) is 8.23. The topological polar surface area (TPSA) is 131 Å². The van der Waals surface area contributed by atoms with Crippen LogP contribution in [0.2, 0.25) is 0 Å². The van der Waals surface area contributed by atoms with E-state index in [4.69, 9.17) is 9.47 Å². The molecule has 3 aromatic heterocycles. The Morgan fingerprint density at radius 1 is 1.03 bits per heavy atom. The molecule has 3 heterocycles. The molecular formula is C16H15F3N8O3. The number of rotatable bonds is 6. The second-order valence-corrected chi connectivity index (χ2v) is 5.62. The maximum Gasteiger partial charge on any atom is 0.432 e. The summed E-state index contributed by atoms with van der Waals surface area (Å²) in [5.74, 6) is 0. The van der Waals surface area contributed by atoms with Gasteiger partial charge in [0.05, 0.1) is 62.6 Å². The Balaban J connectivity index is 1.82. The van der Waals surface area contributed by atoms with Crippen LogP contribution < -0.4 is 19.7 Å². The molecule has 158 valence electrons. The molecule has 0 aromatic carbocycles. The van der Waals surface area contributed by atoms with Gasteiger partial charge in [0.25, 0.3) is 0 Å². The third-order valence-corrected chi connectivity index (χ3v) is 3.67. The maximum atomic E-state index is 12.8. The number of H-pyrrole nitrogens is 1. The summed E-state index contributed by atoms with van der Waals surface area (Å²) in [5.41, 5.74) is -0.552. The molecule has 14 heteroatoms. The first kappa shape index (κ1) is 20.8. The zero-order chi connectivity index (χ0) is 21.7. The van der Waals surface area contributed by atoms with Crippen LogP contribution >= 0.6 is 0 Å². The van der Waals surface area contributed by atoms with E-state index in [1.807, 2.05) is 5.10 Å². The number of carbonyl (C=O) groups is 1. The van der Waals surface area contributed by atoms with E-state index in [0.29, 0.717) is 0 Å². The fourth-order valence-electron chi connectivity index (χ4n) is 2.29. The second-order valence-electron chi connectivity index (χ2n) is 5.62. The van der Waals surface area contributed by atoms with E-state index in [1.54, 1.807) is 0 Å². The molecule has 11 nitrogen and oxygen atoms in total. The highest BCUT2D eigenvalue weighted by Crippen LogP contribution is 2.28. The van der Waals surface area contributed by atoms with Crippen molar-refractivity contribution in [2.45, 2.75) is 12.7 Å². The molecule has 0 radical (unpaired) electrons. The minimum atomic E-state index is -4.57. The van der Waals surface area contributed by atoms with Gasteiger partial charge in [-0.25, -0.2) is 24.7 Å². The summed E-state index contributed by atoms with van der Waals surface area (Å²) < 4.78 is 47.8. The fraction of sp³-hybridized carbons (Fsp3) is 0.250. The Labute approximate surface area is 167 Å². The van der Waals surface area contributed by atoms with Gasteiger partial charge in [0.2, 0.25) is 0 Å². The molecule has 3 rings (SSSR count). The van der Waals surface area contributed by atoms with Crippen LogP contribution in [0.3, 0.4) is 0 Å². The number of urea groups is 1. The fourth-order valence-corrected chi connectivity index (χ4v) is 2.29. The Hall–Kier alpha value is -3.97. The highest BCUT2D eigenvalue weighted by molar-refractivity contribution is 5.98. The number of hydrogen-bond donors (Lipinski definition) is 2. The van der Waals surface area contributed by atoms with Crippen LogP contribution in [0, 0.1) is 0 Å². The minimum absolute atomic E-state index is 0.00686. The Morgan fingerprint density at radius 3 is 1.93 bits per heavy atom. The molecule has 0 spiro atoms. The summed E-state index contributed by atoms with van der Waals surface area (Å²) in [4.78, 5) is 29.7. The third-order valence-electron chi connectivity index (χ3n) is 3.67. The molecule has 0 unspecified atom stereocenters. The third kappa shape index (κ3) is 4.71. The predicted octanol–water partition coefficient (Wildman–Crippen LogP) is 2.07. The summed E-state index contributed by atoms with van der Waals surface area (Å²) in [5, 5.41) is 7.91. The van der Waals surface area contributed by atoms with E-state index in [-0.39, 0.29) is 35.6 Å². The predicted molar refractivity (Wildman–Crippen MR) is 95.1 cm³/mol. The summed E-state index contributed by atoms with van der Waals surface area (Å²) in [6.45, 7) is -0.268. The van der Waals surface area contributed by atoms with Gasteiger partial charge < -0.3 is 14.8 Å². The van der Waals surface area contributed by atoms with E-state index in [0.717, 1.165) is 11.0 Å². The van der Waals surface area contributed by atoms with Crippen molar-refractivity contribution in [2.24, 2.45) is 0 Å². The maximum absolute atomic E-state index is 12.8. The van der Waals surface area contributed by atoms with Gasteiger partial charge in [-0.3, -0.25) is 10.00 Å². The van der Waals surface area contributed by atoms with Crippen molar-refractivity contribution in [1.82, 2.24) is 35.5 Å². The lowest BCUT2D eigenvalue weighted by Crippen LogP contribution is -2.36. The number of hydrogen-bond acceptors (Lipinski definition) is 8. The quantitative estimate of drug-likeness (QED) is 0.615. The van der Waals surface area contributed by atoms with Crippen LogP contribution in [0.1, 0.15) is 11.4 Å². The average molecular weight is 424 g/mol. The van der Waals surface area contributed by atoms with Crippen molar-refractivity contribution in [1.29, 1.82) is 0 Å². The molecule has 0 aliphatic rings. The number of halogens is 3. The Morgan fingerprint density at radius 2 is 1.53 bits per heavy atom. The number of methoxy groups -OCH3 is 2. The van der Waals surface area contributed by atoms with Crippen LogP contribution in [0.25, 0.3) is 0 Å². The largest absolute Gasteiger partial charge is 0.467 e. The lowest BCUT2D eigenvalue weighted by molar-refractivity contribution is -0.141. The summed E-state index contributed by atoms with van der Waals surface area (Å²) in [6.07, 6.45) is 0.734. The number of ether oxygens (including phenoxy) is 2. The number of nitrogens with zero attached hydrogens (tertiary/aromatic N) is 6. The van der Waals surface area contributed by atoms with E-state index < -0.39 is 17.9 Å². The summed E-state index contributed by atoms with van der Waals surface area (Å²) in [7, 11) is 2.77. The van der Waals surface area contributed by atoms with Gasteiger partial charge in [-0.1, -0.05) is 0 Å². The molecule has 2 amide bonds. The summed E-state index contributed by atoms with van der Waals surface area (Å²) >= 11 is 0. The van der Waals surface area contributed by atoms with Crippen molar-refractivity contribution in [3.05, 3.63) is 42.2 Å². The number of aromatic nitrogens is 6. The zero-order valence-electron chi connectivity index (χ0n) is 15.6. The second kappa shape index (κ2) is 8.59. The van der Waals surface area contributed by atoms with Gasteiger partial charge in [0.15, 0.2) is 0 Å². The van der Waals surface area contributed by atoms with Gasteiger partial charge in [0, 0.05) is 0 Å². The number of nitrogens with one attached hydrogen (secondary N) is 2. The van der Waals surface area contributed by atoms with Crippen LogP contribution in [0.4, 0.5) is 29.3 Å².